The number of aromatic nitrogens is 1. The molecule has 25 heavy (non-hydrogen) atoms. The number of para-hydroxylation sites is 1. The summed E-state index contributed by atoms with van der Waals surface area (Å²) in [6.45, 7) is 1.05. The number of hydrogen-bond donors (Lipinski definition) is 1. The van der Waals surface area contributed by atoms with Gasteiger partial charge in [0.15, 0.2) is 11.5 Å². The molecule has 1 N–H and O–H groups in total. The second kappa shape index (κ2) is 6.65. The highest BCUT2D eigenvalue weighted by molar-refractivity contribution is 6.02. The van der Waals surface area contributed by atoms with E-state index >= 15 is 0 Å². The molecule has 1 aromatic heterocycles. The number of nitrogens with one attached hydrogen (secondary N) is 1. The number of nitrogens with zero attached hydrogens (tertiary/aromatic N) is 1. The van der Waals surface area contributed by atoms with Gasteiger partial charge in [-0.2, -0.15) is 0 Å². The summed E-state index contributed by atoms with van der Waals surface area (Å²) >= 11 is 0. The van der Waals surface area contributed by atoms with Crippen LogP contribution < -0.4 is 14.8 Å². The highest BCUT2D eigenvalue weighted by Crippen LogP contribution is 2.32. The maximum atomic E-state index is 12.1. The van der Waals surface area contributed by atoms with Crippen molar-refractivity contribution in [3.05, 3.63) is 66.4 Å². The van der Waals surface area contributed by atoms with Crippen LogP contribution >= 0.6 is 0 Å². The van der Waals surface area contributed by atoms with Gasteiger partial charge in [-0.3, -0.25) is 4.79 Å². The van der Waals surface area contributed by atoms with Crippen LogP contribution in [0, 0.1) is 0 Å². The molecule has 0 spiro atoms. The Kier molecular flexibility index (Phi) is 4.04. The first-order chi connectivity index (χ1) is 12.3. The Morgan fingerprint density at radius 3 is 2.76 bits per heavy atom. The van der Waals surface area contributed by atoms with E-state index in [0.717, 1.165) is 16.6 Å². The highest BCUT2D eigenvalue weighted by Gasteiger charge is 2.12. The summed E-state index contributed by atoms with van der Waals surface area (Å²) in [5.74, 6) is 1.11. The topological polar surface area (TPSA) is 60.5 Å². The van der Waals surface area contributed by atoms with E-state index in [-0.39, 0.29) is 5.91 Å². The van der Waals surface area contributed by atoms with Gasteiger partial charge in [0, 0.05) is 23.2 Å². The van der Waals surface area contributed by atoms with E-state index in [1.807, 2.05) is 36.4 Å². The Morgan fingerprint density at radius 2 is 1.84 bits per heavy atom. The standard InChI is InChI=1S/C20H16N2O3/c23-20(22-16-7-9-18-19(13-16)25-12-11-24-18)10-8-15-6-5-14-3-1-2-4-17(14)21-15/h1-10,13H,11-12H2,(H,22,23)/b10-8+. The molecule has 2 aromatic carbocycles. The summed E-state index contributed by atoms with van der Waals surface area (Å²) in [5.41, 5.74) is 2.29. The van der Waals surface area contributed by atoms with Gasteiger partial charge >= 0.3 is 0 Å². The Hall–Kier alpha value is -3.34. The maximum absolute atomic E-state index is 12.1. The monoisotopic (exact) mass is 332 g/mol. The molecule has 1 aliphatic heterocycles. The van der Waals surface area contributed by atoms with E-state index in [1.54, 1.807) is 24.3 Å². The Bertz CT molecular complexity index is 966. The van der Waals surface area contributed by atoms with Crippen LogP contribution in [0.1, 0.15) is 5.69 Å². The highest BCUT2D eigenvalue weighted by atomic mass is 16.6. The van der Waals surface area contributed by atoms with Crippen LogP contribution in [-0.4, -0.2) is 24.1 Å². The van der Waals surface area contributed by atoms with E-state index in [1.165, 1.54) is 6.08 Å². The lowest BCUT2D eigenvalue weighted by atomic mass is 10.2. The molecule has 1 amide bonds. The molecule has 0 fully saturated rings. The third-order valence-electron chi connectivity index (χ3n) is 3.84. The molecule has 5 heteroatoms. The van der Waals surface area contributed by atoms with Crippen LogP contribution in [0.5, 0.6) is 11.5 Å². The second-order valence-electron chi connectivity index (χ2n) is 5.61. The lowest BCUT2D eigenvalue weighted by Gasteiger charge is -2.18. The van der Waals surface area contributed by atoms with Crippen molar-refractivity contribution < 1.29 is 14.3 Å². The minimum absolute atomic E-state index is 0.230. The van der Waals surface area contributed by atoms with Gasteiger partial charge in [-0.25, -0.2) is 4.98 Å². The van der Waals surface area contributed by atoms with Crippen LogP contribution in [0.15, 0.2) is 60.7 Å². The molecule has 1 aliphatic rings. The second-order valence-corrected chi connectivity index (χ2v) is 5.61. The van der Waals surface area contributed by atoms with Crippen molar-refractivity contribution in [1.82, 2.24) is 4.98 Å². The zero-order valence-electron chi connectivity index (χ0n) is 13.4. The number of fused-ring (bicyclic) bond motifs is 2. The number of benzene rings is 2. The van der Waals surface area contributed by atoms with Crippen LogP contribution in [-0.2, 0) is 4.79 Å². The molecule has 0 radical (unpaired) electrons. The molecule has 0 unspecified atom stereocenters. The van der Waals surface area contributed by atoms with Crippen LogP contribution in [0.2, 0.25) is 0 Å². The fourth-order valence-electron chi connectivity index (χ4n) is 2.64. The maximum Gasteiger partial charge on any atom is 0.248 e. The molecular weight excluding hydrogens is 316 g/mol. The Labute approximate surface area is 144 Å². The van der Waals surface area contributed by atoms with Gasteiger partial charge < -0.3 is 14.8 Å². The number of ether oxygens (including phenoxy) is 2. The summed E-state index contributed by atoms with van der Waals surface area (Å²) in [4.78, 5) is 16.6. The van der Waals surface area contributed by atoms with Crippen molar-refractivity contribution in [2.45, 2.75) is 0 Å². The van der Waals surface area contributed by atoms with Gasteiger partial charge in [-0.05, 0) is 30.3 Å². The van der Waals surface area contributed by atoms with E-state index in [2.05, 4.69) is 10.3 Å². The summed E-state index contributed by atoms with van der Waals surface area (Å²) in [6.07, 6.45) is 3.16. The zero-order valence-corrected chi connectivity index (χ0v) is 13.4. The van der Waals surface area contributed by atoms with Gasteiger partial charge in [-0.15, -0.1) is 0 Å². The third-order valence-corrected chi connectivity index (χ3v) is 3.84. The summed E-state index contributed by atoms with van der Waals surface area (Å²) in [7, 11) is 0. The normalized spacial score (nSPS) is 13.1. The van der Waals surface area contributed by atoms with Crippen molar-refractivity contribution in [2.75, 3.05) is 18.5 Å². The Morgan fingerprint density at radius 1 is 1.00 bits per heavy atom. The molecular formula is C20H16N2O3. The van der Waals surface area contributed by atoms with Gasteiger partial charge in [0.2, 0.25) is 5.91 Å². The number of pyridine rings is 1. The molecule has 0 bridgehead atoms. The first-order valence-electron chi connectivity index (χ1n) is 8.02. The van der Waals surface area contributed by atoms with Gasteiger partial charge in [-0.1, -0.05) is 24.3 Å². The van der Waals surface area contributed by atoms with Gasteiger partial charge in [0.25, 0.3) is 0 Å². The SMILES string of the molecule is O=C(/C=C/c1ccc2ccccc2n1)Nc1ccc2c(c1)OCCO2. The average Bonchev–Trinajstić information content (AvgIpc) is 2.66. The largest absolute Gasteiger partial charge is 0.486 e. The van der Waals surface area contributed by atoms with Crippen molar-refractivity contribution in [1.29, 1.82) is 0 Å². The van der Waals surface area contributed by atoms with E-state index < -0.39 is 0 Å². The molecule has 4 rings (SSSR count). The lowest BCUT2D eigenvalue weighted by Crippen LogP contribution is -2.16. The average molecular weight is 332 g/mol. The van der Waals surface area contributed by atoms with Crippen LogP contribution in [0.4, 0.5) is 5.69 Å². The molecule has 3 aromatic rings. The number of carbonyl (C=O) groups is 1. The van der Waals surface area contributed by atoms with Crippen molar-refractivity contribution in [3.63, 3.8) is 0 Å². The molecule has 0 aliphatic carbocycles. The summed E-state index contributed by atoms with van der Waals surface area (Å²) in [6, 6.07) is 17.1. The fraction of sp³-hybridized carbons (Fsp3) is 0.100. The number of anilines is 1. The summed E-state index contributed by atoms with van der Waals surface area (Å²) < 4.78 is 11.0. The summed E-state index contributed by atoms with van der Waals surface area (Å²) in [5, 5.41) is 3.88. The van der Waals surface area contributed by atoms with E-state index in [0.29, 0.717) is 30.4 Å². The molecule has 0 saturated carbocycles. The molecule has 2 heterocycles. The predicted octanol–water partition coefficient (Wildman–Crippen LogP) is 3.66. The fourth-order valence-corrected chi connectivity index (χ4v) is 2.64. The smallest absolute Gasteiger partial charge is 0.248 e. The van der Waals surface area contributed by atoms with E-state index in [4.69, 9.17) is 9.47 Å². The first kappa shape index (κ1) is 15.2. The Balaban J connectivity index is 1.46. The number of carbonyl (C=O) groups excluding carboxylic acids is 1. The molecule has 0 atom stereocenters. The van der Waals surface area contributed by atoms with Crippen LogP contribution in [0.25, 0.3) is 17.0 Å². The molecule has 5 nitrogen and oxygen atoms in total. The minimum Gasteiger partial charge on any atom is -0.486 e. The predicted molar refractivity (Wildman–Crippen MR) is 96.8 cm³/mol. The molecule has 124 valence electrons. The van der Waals surface area contributed by atoms with Crippen LogP contribution in [0.3, 0.4) is 0 Å². The lowest BCUT2D eigenvalue weighted by molar-refractivity contribution is -0.111. The molecule has 0 saturated heterocycles. The van der Waals surface area contributed by atoms with Crippen molar-refractivity contribution in [2.24, 2.45) is 0 Å². The quantitative estimate of drug-likeness (QED) is 0.744. The minimum atomic E-state index is -0.230. The number of amides is 1. The van der Waals surface area contributed by atoms with Crippen molar-refractivity contribution in [3.8, 4) is 11.5 Å². The van der Waals surface area contributed by atoms with Gasteiger partial charge in [0.05, 0.1) is 11.2 Å². The zero-order chi connectivity index (χ0) is 17.1. The number of rotatable bonds is 3. The van der Waals surface area contributed by atoms with E-state index in [9.17, 15) is 4.79 Å². The van der Waals surface area contributed by atoms with Crippen molar-refractivity contribution >= 4 is 28.6 Å². The first-order valence-corrected chi connectivity index (χ1v) is 8.02. The number of hydrogen-bond acceptors (Lipinski definition) is 4. The third kappa shape index (κ3) is 3.45. The van der Waals surface area contributed by atoms with Gasteiger partial charge in [0.1, 0.15) is 13.2 Å².